The minimum atomic E-state index is -1.25. The van der Waals surface area contributed by atoms with Crippen LogP contribution in [0.1, 0.15) is 32.1 Å². The van der Waals surface area contributed by atoms with Gasteiger partial charge in [0.15, 0.2) is 0 Å². The van der Waals surface area contributed by atoms with Gasteiger partial charge in [-0.05, 0) is 12.8 Å². The van der Waals surface area contributed by atoms with Crippen LogP contribution in [0.3, 0.4) is 0 Å². The maximum atomic E-state index is 12.3. The van der Waals surface area contributed by atoms with Crippen molar-refractivity contribution in [3.63, 3.8) is 0 Å². The first-order chi connectivity index (χ1) is 10.0. The van der Waals surface area contributed by atoms with Gasteiger partial charge in [0.2, 0.25) is 17.6 Å². The molecule has 7 heteroatoms. The second-order valence-corrected chi connectivity index (χ2v) is 5.52. The van der Waals surface area contributed by atoms with E-state index in [-0.39, 0.29) is 6.04 Å². The number of hydrogen-bond donors (Lipinski definition) is 2. The Morgan fingerprint density at radius 2 is 1.57 bits per heavy atom. The van der Waals surface area contributed by atoms with Crippen LogP contribution in [0.5, 0.6) is 0 Å². The number of likely N-dealkylation sites (N-methyl/N-ethyl adjacent to an activating group) is 1. The van der Waals surface area contributed by atoms with Crippen LogP contribution in [0.4, 0.5) is 0 Å². The number of nitrogens with one attached hydrogen (secondary N) is 2. The van der Waals surface area contributed by atoms with Gasteiger partial charge in [0, 0.05) is 20.1 Å². The van der Waals surface area contributed by atoms with Crippen LogP contribution in [0.25, 0.3) is 0 Å². The topological polar surface area (TPSA) is 95.6 Å². The molecule has 116 valence electrons. The maximum Gasteiger partial charge on any atom is 0.291 e. The number of rotatable bonds is 3. The van der Waals surface area contributed by atoms with Crippen molar-refractivity contribution >= 4 is 23.5 Å². The summed E-state index contributed by atoms with van der Waals surface area (Å²) >= 11 is 0. The van der Waals surface area contributed by atoms with Gasteiger partial charge in [-0.3, -0.25) is 19.2 Å². The standard InChI is InChI=1S/C14H21N3O4/c1-15-12(19)9-10(13(20)16-2)17(14(21)11(9)18)8-6-4-3-5-7-8/h8-10H,3-7H2,1-2H3,(H,15,19)(H,16,20)/t9-,10-/m0/s1. The van der Waals surface area contributed by atoms with Gasteiger partial charge in [-0.15, -0.1) is 0 Å². The molecule has 0 unspecified atom stereocenters. The molecule has 2 fully saturated rings. The monoisotopic (exact) mass is 295 g/mol. The summed E-state index contributed by atoms with van der Waals surface area (Å²) in [6, 6.07) is -1.16. The summed E-state index contributed by atoms with van der Waals surface area (Å²) in [7, 11) is 2.83. The average Bonchev–Trinajstić information content (AvgIpc) is 2.78. The Hall–Kier alpha value is -1.92. The van der Waals surface area contributed by atoms with Crippen molar-refractivity contribution in [2.75, 3.05) is 14.1 Å². The second kappa shape index (κ2) is 6.24. The first-order valence-corrected chi connectivity index (χ1v) is 7.32. The third kappa shape index (κ3) is 2.64. The molecule has 2 N–H and O–H groups in total. The van der Waals surface area contributed by atoms with E-state index in [1.165, 1.54) is 19.0 Å². The zero-order chi connectivity index (χ0) is 15.6. The first-order valence-electron chi connectivity index (χ1n) is 7.32. The molecule has 0 aromatic heterocycles. The van der Waals surface area contributed by atoms with E-state index in [0.717, 1.165) is 32.1 Å². The minimum absolute atomic E-state index is 0.132. The smallest absolute Gasteiger partial charge is 0.291 e. The van der Waals surface area contributed by atoms with E-state index in [0.29, 0.717) is 0 Å². The molecule has 1 aliphatic heterocycles. The van der Waals surface area contributed by atoms with Gasteiger partial charge >= 0.3 is 0 Å². The Bertz CT molecular complexity index is 471. The molecule has 2 rings (SSSR count). The third-order valence-corrected chi connectivity index (χ3v) is 4.36. The van der Waals surface area contributed by atoms with Crippen LogP contribution < -0.4 is 10.6 Å². The molecular weight excluding hydrogens is 274 g/mol. The number of carbonyl (C=O) groups excluding carboxylic acids is 4. The molecule has 0 aromatic rings. The lowest BCUT2D eigenvalue weighted by Gasteiger charge is -2.35. The lowest BCUT2D eigenvalue weighted by molar-refractivity contribution is -0.144. The van der Waals surface area contributed by atoms with Gasteiger partial charge in [0.25, 0.3) is 5.91 Å². The van der Waals surface area contributed by atoms with Crippen LogP contribution >= 0.6 is 0 Å². The number of Topliss-reactive ketones (excluding diaryl/α,β-unsaturated/α-hetero) is 1. The van der Waals surface area contributed by atoms with E-state index in [2.05, 4.69) is 10.6 Å². The maximum absolute atomic E-state index is 12.3. The molecule has 2 aliphatic rings. The third-order valence-electron chi connectivity index (χ3n) is 4.36. The molecule has 3 amide bonds. The molecule has 7 nitrogen and oxygen atoms in total. The molecule has 0 bridgehead atoms. The van der Waals surface area contributed by atoms with E-state index in [1.807, 2.05) is 0 Å². The van der Waals surface area contributed by atoms with E-state index in [4.69, 9.17) is 0 Å². The number of hydrogen-bond acceptors (Lipinski definition) is 4. The van der Waals surface area contributed by atoms with Crippen molar-refractivity contribution in [2.24, 2.45) is 5.92 Å². The lowest BCUT2D eigenvalue weighted by atomic mass is 9.92. The van der Waals surface area contributed by atoms with Gasteiger partial charge in [-0.2, -0.15) is 0 Å². The minimum Gasteiger partial charge on any atom is -0.358 e. The molecule has 2 atom stereocenters. The Kier molecular flexibility index (Phi) is 4.59. The van der Waals surface area contributed by atoms with Crippen molar-refractivity contribution in [1.29, 1.82) is 0 Å². The summed E-state index contributed by atoms with van der Waals surface area (Å²) in [6.45, 7) is 0. The summed E-state index contributed by atoms with van der Waals surface area (Å²) in [5, 5.41) is 4.83. The Morgan fingerprint density at radius 1 is 1.00 bits per heavy atom. The van der Waals surface area contributed by atoms with Gasteiger partial charge in [0.05, 0.1) is 0 Å². The van der Waals surface area contributed by atoms with E-state index < -0.39 is 35.5 Å². The second-order valence-electron chi connectivity index (χ2n) is 5.52. The first kappa shape index (κ1) is 15.5. The number of likely N-dealkylation sites (tertiary alicyclic amines) is 1. The normalized spacial score (nSPS) is 26.9. The van der Waals surface area contributed by atoms with E-state index >= 15 is 0 Å². The number of carbonyl (C=O) groups is 4. The van der Waals surface area contributed by atoms with Gasteiger partial charge in [-0.25, -0.2) is 0 Å². The Balaban J connectivity index is 2.36. The highest BCUT2D eigenvalue weighted by Gasteiger charge is 2.55. The molecule has 0 spiro atoms. The fourth-order valence-corrected chi connectivity index (χ4v) is 3.29. The van der Waals surface area contributed by atoms with Crippen LogP contribution in [0, 0.1) is 5.92 Å². The molecule has 1 saturated heterocycles. The molecule has 0 aromatic carbocycles. The fourth-order valence-electron chi connectivity index (χ4n) is 3.29. The highest BCUT2D eigenvalue weighted by atomic mass is 16.2. The molecule has 0 radical (unpaired) electrons. The number of nitrogens with zero attached hydrogens (tertiary/aromatic N) is 1. The average molecular weight is 295 g/mol. The van der Waals surface area contributed by atoms with Crippen LogP contribution in [-0.4, -0.2) is 54.6 Å². The highest BCUT2D eigenvalue weighted by Crippen LogP contribution is 2.32. The fraction of sp³-hybridized carbons (Fsp3) is 0.714. The molecule has 1 saturated carbocycles. The summed E-state index contributed by atoms with van der Waals surface area (Å²) in [4.78, 5) is 49.9. The predicted octanol–water partition coefficient (Wildman–Crippen LogP) is -0.793. The summed E-state index contributed by atoms with van der Waals surface area (Å²) in [6.07, 6.45) is 4.57. The van der Waals surface area contributed by atoms with Crippen molar-refractivity contribution in [3.05, 3.63) is 0 Å². The van der Waals surface area contributed by atoms with Gasteiger partial charge in [-0.1, -0.05) is 19.3 Å². The van der Waals surface area contributed by atoms with E-state index in [1.54, 1.807) is 0 Å². The van der Waals surface area contributed by atoms with E-state index in [9.17, 15) is 19.2 Å². The quantitative estimate of drug-likeness (QED) is 0.527. The summed E-state index contributed by atoms with van der Waals surface area (Å²) < 4.78 is 0. The van der Waals surface area contributed by atoms with Crippen LogP contribution in [0.15, 0.2) is 0 Å². The van der Waals surface area contributed by atoms with Crippen molar-refractivity contribution in [3.8, 4) is 0 Å². The molecule has 1 heterocycles. The zero-order valence-corrected chi connectivity index (χ0v) is 12.3. The lowest BCUT2D eigenvalue weighted by Crippen LogP contribution is -2.53. The van der Waals surface area contributed by atoms with Gasteiger partial charge in [0.1, 0.15) is 12.0 Å². The molecule has 1 aliphatic carbocycles. The SMILES string of the molecule is CNC(=O)[C@@H]1C(=O)C(=O)N(C2CCCCC2)[C@@H]1C(=O)NC. The predicted molar refractivity (Wildman–Crippen MR) is 74.1 cm³/mol. The van der Waals surface area contributed by atoms with Crippen molar-refractivity contribution in [2.45, 2.75) is 44.2 Å². The van der Waals surface area contributed by atoms with Crippen molar-refractivity contribution in [1.82, 2.24) is 15.5 Å². The summed E-state index contributed by atoms with van der Waals surface area (Å²) in [5.41, 5.74) is 0. The zero-order valence-electron chi connectivity index (χ0n) is 12.3. The Labute approximate surface area is 123 Å². The largest absolute Gasteiger partial charge is 0.358 e. The highest BCUT2D eigenvalue weighted by molar-refractivity contribution is 6.44. The number of amides is 3. The number of ketones is 1. The summed E-state index contributed by atoms with van der Waals surface area (Å²) in [5.74, 6) is -3.78. The molecular formula is C14H21N3O4. The molecule has 21 heavy (non-hydrogen) atoms. The van der Waals surface area contributed by atoms with Crippen LogP contribution in [-0.2, 0) is 19.2 Å². The van der Waals surface area contributed by atoms with Crippen LogP contribution in [0.2, 0.25) is 0 Å². The Morgan fingerprint density at radius 3 is 2.10 bits per heavy atom. The van der Waals surface area contributed by atoms with Crippen molar-refractivity contribution < 1.29 is 19.2 Å². The van der Waals surface area contributed by atoms with Gasteiger partial charge < -0.3 is 15.5 Å².